The molecule has 2 unspecified atom stereocenters. The minimum Gasteiger partial charge on any atom is -0.354 e. The summed E-state index contributed by atoms with van der Waals surface area (Å²) < 4.78 is 39.7. The number of anilines is 1. The molecule has 0 aliphatic carbocycles. The van der Waals surface area contributed by atoms with Gasteiger partial charge in [-0.2, -0.15) is 0 Å². The molecule has 1 saturated heterocycles. The van der Waals surface area contributed by atoms with E-state index in [-0.39, 0.29) is 23.4 Å². The maximum Gasteiger partial charge on any atom is 0.233 e. The van der Waals surface area contributed by atoms with Crippen LogP contribution in [0.1, 0.15) is 26.7 Å². The van der Waals surface area contributed by atoms with Crippen LogP contribution < -0.4 is 10.0 Å². The highest BCUT2D eigenvalue weighted by Crippen LogP contribution is 2.13. The Hall–Kier alpha value is -1.67. The van der Waals surface area contributed by atoms with Crippen LogP contribution >= 0.6 is 0 Å². The summed E-state index contributed by atoms with van der Waals surface area (Å²) in [4.78, 5) is 14.5. The van der Waals surface area contributed by atoms with E-state index < -0.39 is 21.8 Å². The lowest BCUT2D eigenvalue weighted by molar-refractivity contribution is -0.124. The van der Waals surface area contributed by atoms with Crippen LogP contribution in [0.4, 0.5) is 10.1 Å². The van der Waals surface area contributed by atoms with Gasteiger partial charge in [-0.1, -0.05) is 13.0 Å². The number of rotatable bonds is 8. The molecular weight excluding hydrogens is 345 g/mol. The number of nitrogens with zero attached hydrogens (tertiary/aromatic N) is 1. The molecule has 2 N–H and O–H groups in total. The summed E-state index contributed by atoms with van der Waals surface area (Å²) in [6.07, 6.45) is 2.36. The molecule has 1 aromatic rings. The van der Waals surface area contributed by atoms with Gasteiger partial charge in [0.15, 0.2) is 0 Å². The quantitative estimate of drug-likeness (QED) is 0.730. The van der Waals surface area contributed by atoms with Crippen molar-refractivity contribution in [1.82, 2.24) is 10.2 Å². The molecule has 8 heteroatoms. The van der Waals surface area contributed by atoms with Crippen molar-refractivity contribution in [2.75, 3.05) is 30.1 Å². The molecule has 1 amide bonds. The zero-order chi connectivity index (χ0) is 18.4. The Morgan fingerprint density at radius 2 is 1.96 bits per heavy atom. The van der Waals surface area contributed by atoms with Crippen molar-refractivity contribution < 1.29 is 17.6 Å². The maximum absolute atomic E-state index is 13.1. The molecule has 1 aliphatic rings. The van der Waals surface area contributed by atoms with Gasteiger partial charge in [0.05, 0.1) is 17.4 Å². The van der Waals surface area contributed by atoms with Crippen LogP contribution in [-0.2, 0) is 14.8 Å². The minimum atomic E-state index is -3.74. The molecule has 1 fully saturated rings. The first kappa shape index (κ1) is 19.7. The molecule has 1 heterocycles. The highest BCUT2D eigenvalue weighted by atomic mass is 32.2. The summed E-state index contributed by atoms with van der Waals surface area (Å²) in [6, 6.07) is 5.45. The fourth-order valence-corrected chi connectivity index (χ4v) is 4.29. The molecule has 25 heavy (non-hydrogen) atoms. The number of hydrogen-bond donors (Lipinski definition) is 2. The molecule has 2 rings (SSSR count). The van der Waals surface area contributed by atoms with Gasteiger partial charge in [-0.25, -0.2) is 12.8 Å². The number of sulfonamides is 1. The first-order valence-corrected chi connectivity index (χ1v) is 10.2. The van der Waals surface area contributed by atoms with E-state index in [2.05, 4.69) is 21.9 Å². The summed E-state index contributed by atoms with van der Waals surface area (Å²) in [5, 5.41) is 2.82. The zero-order valence-corrected chi connectivity index (χ0v) is 15.5. The number of likely N-dealkylation sites (tertiary alicyclic amines) is 1. The summed E-state index contributed by atoms with van der Waals surface area (Å²) in [6.45, 7) is 6.21. The predicted molar refractivity (Wildman–Crippen MR) is 96.3 cm³/mol. The summed E-state index contributed by atoms with van der Waals surface area (Å²) in [5.41, 5.74) is 0.148. The number of amides is 1. The van der Waals surface area contributed by atoms with Crippen LogP contribution in [0.15, 0.2) is 24.3 Å². The normalized spacial score (nSPS) is 17.9. The Labute approximate surface area is 148 Å². The van der Waals surface area contributed by atoms with Crippen molar-refractivity contribution in [3.05, 3.63) is 30.1 Å². The van der Waals surface area contributed by atoms with Crippen LogP contribution in [0.2, 0.25) is 0 Å². The molecule has 2 atom stereocenters. The fourth-order valence-electron chi connectivity index (χ4n) is 2.91. The van der Waals surface area contributed by atoms with Crippen LogP contribution in [0.5, 0.6) is 0 Å². The van der Waals surface area contributed by atoms with Gasteiger partial charge in [-0.3, -0.25) is 14.4 Å². The molecular formula is C17H26FN3O3S. The molecule has 0 spiro atoms. The molecule has 1 aromatic carbocycles. The van der Waals surface area contributed by atoms with Crippen molar-refractivity contribution >= 4 is 21.6 Å². The highest BCUT2D eigenvalue weighted by Gasteiger charge is 2.23. The first-order valence-electron chi connectivity index (χ1n) is 8.54. The van der Waals surface area contributed by atoms with Gasteiger partial charge in [0.2, 0.25) is 15.9 Å². The average Bonchev–Trinajstić information content (AvgIpc) is 3.05. The SMILES string of the molecule is CC(CS(=O)(=O)Nc1cccc(F)c1)C(=O)NCC(C)N1CCCC1. The lowest BCUT2D eigenvalue weighted by Gasteiger charge is -2.24. The van der Waals surface area contributed by atoms with E-state index in [4.69, 9.17) is 0 Å². The number of halogens is 1. The fraction of sp³-hybridized carbons (Fsp3) is 0.588. The smallest absolute Gasteiger partial charge is 0.233 e. The summed E-state index contributed by atoms with van der Waals surface area (Å²) >= 11 is 0. The van der Waals surface area contributed by atoms with Gasteiger partial charge < -0.3 is 5.32 Å². The van der Waals surface area contributed by atoms with Crippen molar-refractivity contribution in [2.45, 2.75) is 32.7 Å². The summed E-state index contributed by atoms with van der Waals surface area (Å²) in [7, 11) is -3.74. The van der Waals surface area contributed by atoms with Crippen molar-refractivity contribution in [1.29, 1.82) is 0 Å². The molecule has 6 nitrogen and oxygen atoms in total. The second-order valence-corrected chi connectivity index (χ2v) is 8.40. The number of nitrogens with one attached hydrogen (secondary N) is 2. The van der Waals surface area contributed by atoms with E-state index in [9.17, 15) is 17.6 Å². The van der Waals surface area contributed by atoms with Gasteiger partial charge in [-0.15, -0.1) is 0 Å². The van der Waals surface area contributed by atoms with E-state index >= 15 is 0 Å². The minimum absolute atomic E-state index is 0.148. The topological polar surface area (TPSA) is 78.5 Å². The summed E-state index contributed by atoms with van der Waals surface area (Å²) in [5.74, 6) is -1.87. The number of hydrogen-bond acceptors (Lipinski definition) is 4. The Kier molecular flexibility index (Phi) is 6.78. The highest BCUT2D eigenvalue weighted by molar-refractivity contribution is 7.92. The van der Waals surface area contributed by atoms with Gasteiger partial charge >= 0.3 is 0 Å². The standard InChI is InChI=1S/C17H26FN3O3S/c1-13(17(22)19-11-14(2)21-8-3-4-9-21)12-25(23,24)20-16-7-5-6-15(18)10-16/h5-7,10,13-14,20H,3-4,8-9,11-12H2,1-2H3,(H,19,22). The number of carbonyl (C=O) groups excluding carboxylic acids is 1. The van der Waals surface area contributed by atoms with Gasteiger partial charge in [0.25, 0.3) is 0 Å². The Balaban J connectivity index is 1.82. The largest absolute Gasteiger partial charge is 0.354 e. The van der Waals surface area contributed by atoms with Crippen LogP contribution in [0, 0.1) is 11.7 Å². The second-order valence-electron chi connectivity index (χ2n) is 6.63. The van der Waals surface area contributed by atoms with Gasteiger partial charge in [0.1, 0.15) is 5.82 Å². The van der Waals surface area contributed by atoms with Crippen molar-refractivity contribution in [3.8, 4) is 0 Å². The predicted octanol–water partition coefficient (Wildman–Crippen LogP) is 1.80. The molecule has 140 valence electrons. The number of benzene rings is 1. The Morgan fingerprint density at radius 3 is 2.60 bits per heavy atom. The lowest BCUT2D eigenvalue weighted by atomic mass is 10.2. The lowest BCUT2D eigenvalue weighted by Crippen LogP contribution is -2.43. The van der Waals surface area contributed by atoms with Gasteiger partial charge in [0, 0.05) is 12.6 Å². The third kappa shape index (κ3) is 6.28. The van der Waals surface area contributed by atoms with E-state index in [1.165, 1.54) is 31.0 Å². The van der Waals surface area contributed by atoms with Crippen molar-refractivity contribution in [2.24, 2.45) is 5.92 Å². The zero-order valence-electron chi connectivity index (χ0n) is 14.7. The Morgan fingerprint density at radius 1 is 1.28 bits per heavy atom. The van der Waals surface area contributed by atoms with E-state index in [1.807, 2.05) is 0 Å². The third-order valence-corrected chi connectivity index (χ3v) is 5.84. The van der Waals surface area contributed by atoms with E-state index in [0.717, 1.165) is 19.2 Å². The Bertz CT molecular complexity index is 690. The molecule has 0 bridgehead atoms. The average molecular weight is 371 g/mol. The number of carbonyl (C=O) groups is 1. The molecule has 0 aromatic heterocycles. The second kappa shape index (κ2) is 8.62. The van der Waals surface area contributed by atoms with Gasteiger partial charge in [-0.05, 0) is 51.1 Å². The first-order chi connectivity index (χ1) is 11.8. The third-order valence-electron chi connectivity index (χ3n) is 4.35. The van der Waals surface area contributed by atoms with Crippen LogP contribution in [0.3, 0.4) is 0 Å². The molecule has 0 radical (unpaired) electrons. The molecule has 0 saturated carbocycles. The monoisotopic (exact) mass is 371 g/mol. The van der Waals surface area contributed by atoms with Crippen LogP contribution in [0.25, 0.3) is 0 Å². The van der Waals surface area contributed by atoms with Crippen LogP contribution in [-0.4, -0.2) is 50.7 Å². The van der Waals surface area contributed by atoms with E-state index in [1.54, 1.807) is 6.92 Å². The van der Waals surface area contributed by atoms with Crippen molar-refractivity contribution in [3.63, 3.8) is 0 Å². The molecule has 1 aliphatic heterocycles. The van der Waals surface area contributed by atoms with E-state index in [0.29, 0.717) is 6.54 Å². The maximum atomic E-state index is 13.1.